The second-order valence-electron chi connectivity index (χ2n) is 6.26. The summed E-state index contributed by atoms with van der Waals surface area (Å²) in [4.78, 5) is 12.2. The minimum atomic E-state index is -0.542. The Morgan fingerprint density at radius 2 is 1.80 bits per heavy atom. The number of nitrogens with one attached hydrogen (secondary N) is 2. The van der Waals surface area contributed by atoms with Gasteiger partial charge in [-0.25, -0.2) is 0 Å². The topological polar surface area (TPSA) is 81.6 Å². The van der Waals surface area contributed by atoms with E-state index in [2.05, 4.69) is 10.6 Å². The Bertz CT molecular complexity index is 301. The van der Waals surface area contributed by atoms with E-state index in [9.17, 15) is 4.79 Å². The molecule has 2 rings (SSSR count). The van der Waals surface area contributed by atoms with Gasteiger partial charge in [0.25, 0.3) is 0 Å². The molecule has 1 saturated heterocycles. The van der Waals surface area contributed by atoms with Crippen LogP contribution in [0.2, 0.25) is 0 Å². The molecule has 2 aliphatic rings. The number of amides is 1. The highest BCUT2D eigenvalue weighted by molar-refractivity contribution is 5.82. The number of carbonyl (C=O) groups excluding carboxylic acids is 1. The fraction of sp³-hybridized carbons (Fsp3) is 0.933. The zero-order valence-electron chi connectivity index (χ0n) is 12.2. The number of hydrogen-bond donors (Lipinski definition) is 4. The van der Waals surface area contributed by atoms with Gasteiger partial charge in [-0.1, -0.05) is 32.1 Å². The Morgan fingerprint density at radius 3 is 2.45 bits per heavy atom. The van der Waals surface area contributed by atoms with Gasteiger partial charge in [0.15, 0.2) is 0 Å². The third kappa shape index (κ3) is 4.17. The Hall–Kier alpha value is -0.650. The molecule has 0 aromatic carbocycles. The van der Waals surface area contributed by atoms with Crippen molar-refractivity contribution in [2.24, 2.45) is 11.8 Å². The van der Waals surface area contributed by atoms with Crippen LogP contribution in [0, 0.1) is 11.8 Å². The summed E-state index contributed by atoms with van der Waals surface area (Å²) in [6.07, 6.45) is 8.72. The molecule has 1 heterocycles. The van der Waals surface area contributed by atoms with E-state index >= 15 is 0 Å². The van der Waals surface area contributed by atoms with Crippen LogP contribution in [0.15, 0.2) is 0 Å². The van der Waals surface area contributed by atoms with Gasteiger partial charge in [-0.05, 0) is 31.2 Å². The Morgan fingerprint density at radius 1 is 1.10 bits per heavy atom. The molecular formula is C15H28N2O3. The molecule has 0 radical (unpaired) electrons. The van der Waals surface area contributed by atoms with Crippen molar-refractivity contribution >= 4 is 5.91 Å². The average molecular weight is 284 g/mol. The van der Waals surface area contributed by atoms with E-state index in [4.69, 9.17) is 10.2 Å². The summed E-state index contributed by atoms with van der Waals surface area (Å²) in [6, 6.07) is -0.712. The highest BCUT2D eigenvalue weighted by atomic mass is 16.3. The lowest BCUT2D eigenvalue weighted by atomic mass is 9.74. The monoisotopic (exact) mass is 284 g/mol. The molecule has 116 valence electrons. The van der Waals surface area contributed by atoms with Gasteiger partial charge in [-0.3, -0.25) is 4.79 Å². The van der Waals surface area contributed by atoms with Crippen LogP contribution in [0.1, 0.15) is 44.9 Å². The minimum Gasteiger partial charge on any atom is -0.394 e. The molecule has 0 unspecified atom stereocenters. The summed E-state index contributed by atoms with van der Waals surface area (Å²) in [5, 5.41) is 24.0. The summed E-state index contributed by atoms with van der Waals surface area (Å²) in [7, 11) is 0. The highest BCUT2D eigenvalue weighted by Crippen LogP contribution is 2.35. The molecule has 0 aromatic heterocycles. The smallest absolute Gasteiger partial charge is 0.237 e. The SMILES string of the molecule is O=C(NC(CO)CO)[C@@H]1C[C@H](C2CCCCC2)CCN1. The molecule has 0 aromatic rings. The Balaban J connectivity index is 1.84. The summed E-state index contributed by atoms with van der Waals surface area (Å²) < 4.78 is 0. The van der Waals surface area contributed by atoms with E-state index in [1.807, 2.05) is 0 Å². The van der Waals surface area contributed by atoms with Gasteiger partial charge in [-0.2, -0.15) is 0 Å². The largest absolute Gasteiger partial charge is 0.394 e. The van der Waals surface area contributed by atoms with Gasteiger partial charge in [0, 0.05) is 0 Å². The highest BCUT2D eigenvalue weighted by Gasteiger charge is 2.32. The van der Waals surface area contributed by atoms with E-state index in [0.717, 1.165) is 25.3 Å². The van der Waals surface area contributed by atoms with Crippen LogP contribution >= 0.6 is 0 Å². The molecule has 1 saturated carbocycles. The van der Waals surface area contributed by atoms with Crippen LogP contribution < -0.4 is 10.6 Å². The maximum atomic E-state index is 12.2. The van der Waals surface area contributed by atoms with Crippen molar-refractivity contribution in [3.63, 3.8) is 0 Å². The summed E-state index contributed by atoms with van der Waals surface area (Å²) in [5.74, 6) is 1.35. The van der Waals surface area contributed by atoms with Crippen LogP contribution in [0.5, 0.6) is 0 Å². The molecular weight excluding hydrogens is 256 g/mol. The number of piperidine rings is 1. The normalized spacial score (nSPS) is 28.6. The van der Waals surface area contributed by atoms with Gasteiger partial charge in [0.1, 0.15) is 0 Å². The standard InChI is InChI=1S/C15H28N2O3/c18-9-13(10-19)17-15(20)14-8-12(6-7-16-14)11-4-2-1-3-5-11/h11-14,16,18-19H,1-10H2,(H,17,20)/t12-,14+/m1/s1. The van der Waals surface area contributed by atoms with E-state index in [0.29, 0.717) is 5.92 Å². The van der Waals surface area contributed by atoms with Crippen LogP contribution in [0.3, 0.4) is 0 Å². The molecule has 5 heteroatoms. The van der Waals surface area contributed by atoms with E-state index < -0.39 is 6.04 Å². The molecule has 0 spiro atoms. The van der Waals surface area contributed by atoms with Crippen molar-refractivity contribution in [3.8, 4) is 0 Å². The summed E-state index contributed by atoms with van der Waals surface area (Å²) >= 11 is 0. The summed E-state index contributed by atoms with van der Waals surface area (Å²) in [5.41, 5.74) is 0. The van der Waals surface area contributed by atoms with E-state index in [-0.39, 0.29) is 25.2 Å². The molecule has 5 nitrogen and oxygen atoms in total. The predicted octanol–water partition coefficient (Wildman–Crippen LogP) is 0.404. The number of aliphatic hydroxyl groups is 2. The first-order valence-corrected chi connectivity index (χ1v) is 8.00. The molecule has 2 fully saturated rings. The van der Waals surface area contributed by atoms with Crippen LogP contribution in [0.4, 0.5) is 0 Å². The summed E-state index contributed by atoms with van der Waals surface area (Å²) in [6.45, 7) is 0.449. The number of carbonyl (C=O) groups is 1. The quantitative estimate of drug-likeness (QED) is 0.589. The number of aliphatic hydroxyl groups excluding tert-OH is 2. The van der Waals surface area contributed by atoms with Crippen molar-refractivity contribution in [2.45, 2.75) is 57.0 Å². The van der Waals surface area contributed by atoms with Crippen molar-refractivity contribution in [3.05, 3.63) is 0 Å². The lowest BCUT2D eigenvalue weighted by Gasteiger charge is -2.36. The first kappa shape index (κ1) is 15.7. The van der Waals surface area contributed by atoms with Crippen molar-refractivity contribution in [1.29, 1.82) is 0 Å². The second kappa shape index (κ2) is 7.96. The van der Waals surface area contributed by atoms with Crippen LogP contribution in [-0.2, 0) is 4.79 Å². The molecule has 2 atom stereocenters. The first-order chi connectivity index (χ1) is 9.74. The van der Waals surface area contributed by atoms with Crippen LogP contribution in [-0.4, -0.2) is 48.0 Å². The van der Waals surface area contributed by atoms with Crippen molar-refractivity contribution in [2.75, 3.05) is 19.8 Å². The van der Waals surface area contributed by atoms with Gasteiger partial charge < -0.3 is 20.8 Å². The fourth-order valence-electron chi connectivity index (χ4n) is 3.63. The Kier molecular flexibility index (Phi) is 6.26. The average Bonchev–Trinajstić information content (AvgIpc) is 2.53. The zero-order valence-corrected chi connectivity index (χ0v) is 12.2. The van der Waals surface area contributed by atoms with Gasteiger partial charge in [-0.15, -0.1) is 0 Å². The Labute approximate surface area is 121 Å². The third-order valence-electron chi connectivity index (χ3n) is 4.86. The lowest BCUT2D eigenvalue weighted by Crippen LogP contribution is -2.53. The second-order valence-corrected chi connectivity index (χ2v) is 6.26. The van der Waals surface area contributed by atoms with Gasteiger partial charge in [0.05, 0.1) is 25.3 Å². The van der Waals surface area contributed by atoms with Gasteiger partial charge in [0.2, 0.25) is 5.91 Å². The maximum Gasteiger partial charge on any atom is 0.237 e. The maximum absolute atomic E-state index is 12.2. The molecule has 20 heavy (non-hydrogen) atoms. The third-order valence-corrected chi connectivity index (χ3v) is 4.86. The lowest BCUT2D eigenvalue weighted by molar-refractivity contribution is -0.125. The molecule has 4 N–H and O–H groups in total. The van der Waals surface area contributed by atoms with Crippen molar-refractivity contribution < 1.29 is 15.0 Å². The zero-order chi connectivity index (χ0) is 14.4. The molecule has 1 aliphatic heterocycles. The number of hydrogen-bond acceptors (Lipinski definition) is 4. The fourth-order valence-corrected chi connectivity index (χ4v) is 3.63. The van der Waals surface area contributed by atoms with Crippen LogP contribution in [0.25, 0.3) is 0 Å². The molecule has 1 aliphatic carbocycles. The van der Waals surface area contributed by atoms with E-state index in [1.54, 1.807) is 0 Å². The predicted molar refractivity (Wildman–Crippen MR) is 77.2 cm³/mol. The van der Waals surface area contributed by atoms with E-state index in [1.165, 1.54) is 32.1 Å². The van der Waals surface area contributed by atoms with Crippen molar-refractivity contribution in [1.82, 2.24) is 10.6 Å². The minimum absolute atomic E-state index is 0.0846. The number of rotatable bonds is 5. The molecule has 1 amide bonds. The van der Waals surface area contributed by atoms with Gasteiger partial charge >= 0.3 is 0 Å². The first-order valence-electron chi connectivity index (χ1n) is 8.00. The molecule has 0 bridgehead atoms.